The molecule has 2 atom stereocenters. The van der Waals surface area contributed by atoms with Gasteiger partial charge in [0.15, 0.2) is 5.67 Å². The maximum absolute atomic E-state index is 13.7. The van der Waals surface area contributed by atoms with E-state index in [0.29, 0.717) is 18.4 Å². The van der Waals surface area contributed by atoms with Crippen LogP contribution in [0, 0.1) is 0 Å². The Morgan fingerprint density at radius 2 is 1.92 bits per heavy atom. The fourth-order valence-electron chi connectivity index (χ4n) is 1.55. The summed E-state index contributed by atoms with van der Waals surface area (Å²) in [5.41, 5.74) is -1.22. The van der Waals surface area contributed by atoms with E-state index in [1.807, 2.05) is 0 Å². The zero-order chi connectivity index (χ0) is 8.60. The molecule has 1 aromatic carbocycles. The maximum Gasteiger partial charge on any atom is 0.167 e. The van der Waals surface area contributed by atoms with Crippen LogP contribution < -0.4 is 0 Å². The van der Waals surface area contributed by atoms with Gasteiger partial charge in [-0.2, -0.15) is 0 Å². The van der Waals surface area contributed by atoms with E-state index >= 15 is 0 Å². The molecule has 1 aliphatic carbocycles. The van der Waals surface area contributed by atoms with Gasteiger partial charge in [0.25, 0.3) is 0 Å². The van der Waals surface area contributed by atoms with Crippen molar-refractivity contribution in [2.24, 2.45) is 0 Å². The van der Waals surface area contributed by atoms with Crippen LogP contribution in [-0.4, -0.2) is 6.17 Å². The van der Waals surface area contributed by atoms with Crippen molar-refractivity contribution in [3.8, 4) is 0 Å². The lowest BCUT2D eigenvalue weighted by Crippen LogP contribution is -2.41. The summed E-state index contributed by atoms with van der Waals surface area (Å²) in [6.45, 7) is 0. The molecule has 2 heteroatoms. The molecule has 0 spiro atoms. The van der Waals surface area contributed by atoms with Crippen LogP contribution in [0.4, 0.5) is 8.78 Å². The molecule has 64 valence electrons. The molecular formula is C10H10F2. The molecule has 0 heterocycles. The number of halogens is 2. The Labute approximate surface area is 70.2 Å². The average molecular weight is 168 g/mol. The van der Waals surface area contributed by atoms with Crippen LogP contribution in [0.2, 0.25) is 0 Å². The number of hydrogen-bond acceptors (Lipinski definition) is 0. The summed E-state index contributed by atoms with van der Waals surface area (Å²) >= 11 is 0. The minimum Gasteiger partial charge on any atom is -0.244 e. The Morgan fingerprint density at radius 3 is 2.33 bits per heavy atom. The molecule has 2 unspecified atom stereocenters. The van der Waals surface area contributed by atoms with Gasteiger partial charge in [0.1, 0.15) is 6.17 Å². The largest absolute Gasteiger partial charge is 0.244 e. The van der Waals surface area contributed by atoms with Gasteiger partial charge in [0, 0.05) is 0 Å². The summed E-state index contributed by atoms with van der Waals surface area (Å²) in [7, 11) is 0. The molecule has 0 amide bonds. The van der Waals surface area contributed by atoms with Crippen molar-refractivity contribution in [1.29, 1.82) is 0 Å². The highest BCUT2D eigenvalue weighted by molar-refractivity contribution is 5.26. The number of benzene rings is 1. The highest BCUT2D eigenvalue weighted by Gasteiger charge is 2.49. The van der Waals surface area contributed by atoms with E-state index in [-0.39, 0.29) is 0 Å². The lowest BCUT2D eigenvalue weighted by Gasteiger charge is -2.38. The minimum absolute atomic E-state index is 0.318. The summed E-state index contributed by atoms with van der Waals surface area (Å²) in [6.07, 6.45) is -0.635. The molecule has 0 bridgehead atoms. The first-order chi connectivity index (χ1) is 5.73. The Morgan fingerprint density at radius 1 is 1.25 bits per heavy atom. The van der Waals surface area contributed by atoms with Crippen molar-refractivity contribution >= 4 is 0 Å². The summed E-state index contributed by atoms with van der Waals surface area (Å²) < 4.78 is 26.5. The molecule has 1 aliphatic rings. The Bertz CT molecular complexity index is 270. The Hall–Kier alpha value is -0.920. The molecule has 12 heavy (non-hydrogen) atoms. The molecule has 0 saturated heterocycles. The quantitative estimate of drug-likeness (QED) is 0.604. The van der Waals surface area contributed by atoms with E-state index in [4.69, 9.17) is 0 Å². The minimum atomic E-state index is -1.69. The first kappa shape index (κ1) is 7.71. The van der Waals surface area contributed by atoms with Gasteiger partial charge in [-0.3, -0.25) is 0 Å². The van der Waals surface area contributed by atoms with Crippen molar-refractivity contribution in [2.75, 3.05) is 0 Å². The Balaban J connectivity index is 2.31. The lowest BCUT2D eigenvalue weighted by atomic mass is 9.75. The second-order valence-corrected chi connectivity index (χ2v) is 3.23. The fraction of sp³-hybridized carbons (Fsp3) is 0.400. The Kier molecular flexibility index (Phi) is 1.63. The smallest absolute Gasteiger partial charge is 0.167 e. The third-order valence-corrected chi connectivity index (χ3v) is 2.51. The summed E-state index contributed by atoms with van der Waals surface area (Å²) in [5, 5.41) is 0. The summed E-state index contributed by atoms with van der Waals surface area (Å²) in [4.78, 5) is 0. The summed E-state index contributed by atoms with van der Waals surface area (Å²) in [6, 6.07) is 8.57. The summed E-state index contributed by atoms with van der Waals surface area (Å²) in [5.74, 6) is 0. The molecule has 1 aromatic rings. The zero-order valence-corrected chi connectivity index (χ0v) is 6.63. The van der Waals surface area contributed by atoms with Gasteiger partial charge in [-0.25, -0.2) is 8.78 Å². The molecular weight excluding hydrogens is 158 g/mol. The van der Waals surface area contributed by atoms with Gasteiger partial charge in [-0.1, -0.05) is 30.3 Å². The number of rotatable bonds is 1. The van der Waals surface area contributed by atoms with E-state index in [9.17, 15) is 8.78 Å². The number of alkyl halides is 2. The van der Waals surface area contributed by atoms with E-state index in [2.05, 4.69) is 0 Å². The van der Waals surface area contributed by atoms with Crippen molar-refractivity contribution in [1.82, 2.24) is 0 Å². The van der Waals surface area contributed by atoms with Crippen molar-refractivity contribution in [2.45, 2.75) is 24.7 Å². The van der Waals surface area contributed by atoms with Gasteiger partial charge >= 0.3 is 0 Å². The van der Waals surface area contributed by atoms with Gasteiger partial charge in [-0.05, 0) is 18.4 Å². The van der Waals surface area contributed by atoms with Crippen LogP contribution >= 0.6 is 0 Å². The first-order valence-electron chi connectivity index (χ1n) is 4.12. The van der Waals surface area contributed by atoms with Crippen molar-refractivity contribution in [3.63, 3.8) is 0 Å². The predicted molar refractivity (Wildman–Crippen MR) is 43.4 cm³/mol. The molecule has 0 aliphatic heterocycles. The van der Waals surface area contributed by atoms with Crippen LogP contribution in [0.1, 0.15) is 18.4 Å². The highest BCUT2D eigenvalue weighted by atomic mass is 19.2. The van der Waals surface area contributed by atoms with E-state index in [1.54, 1.807) is 30.3 Å². The normalized spacial score (nSPS) is 34.3. The molecule has 1 saturated carbocycles. The van der Waals surface area contributed by atoms with Crippen LogP contribution in [0.5, 0.6) is 0 Å². The lowest BCUT2D eigenvalue weighted by molar-refractivity contribution is -0.0429. The number of hydrogen-bond donors (Lipinski definition) is 0. The first-order valence-corrected chi connectivity index (χ1v) is 4.12. The topological polar surface area (TPSA) is 0 Å². The van der Waals surface area contributed by atoms with Gasteiger partial charge < -0.3 is 0 Å². The molecule has 0 radical (unpaired) electrons. The average Bonchev–Trinajstić information content (AvgIpc) is 2.16. The van der Waals surface area contributed by atoms with E-state index in [1.165, 1.54) is 0 Å². The third-order valence-electron chi connectivity index (χ3n) is 2.51. The highest BCUT2D eigenvalue weighted by Crippen LogP contribution is 2.46. The van der Waals surface area contributed by atoms with Gasteiger partial charge in [-0.15, -0.1) is 0 Å². The van der Waals surface area contributed by atoms with Crippen LogP contribution in [-0.2, 0) is 5.67 Å². The van der Waals surface area contributed by atoms with E-state index < -0.39 is 11.8 Å². The van der Waals surface area contributed by atoms with Crippen LogP contribution in [0.25, 0.3) is 0 Å². The molecule has 0 N–H and O–H groups in total. The maximum atomic E-state index is 13.7. The monoisotopic (exact) mass is 168 g/mol. The molecule has 2 rings (SSSR count). The molecule has 0 nitrogen and oxygen atoms in total. The third kappa shape index (κ3) is 0.942. The van der Waals surface area contributed by atoms with Crippen LogP contribution in [0.15, 0.2) is 30.3 Å². The zero-order valence-electron chi connectivity index (χ0n) is 6.63. The van der Waals surface area contributed by atoms with Crippen LogP contribution in [0.3, 0.4) is 0 Å². The van der Waals surface area contributed by atoms with Gasteiger partial charge in [0.05, 0.1) is 0 Å². The van der Waals surface area contributed by atoms with Gasteiger partial charge in [0.2, 0.25) is 0 Å². The van der Waals surface area contributed by atoms with Crippen molar-refractivity contribution < 1.29 is 8.78 Å². The second kappa shape index (κ2) is 2.54. The van der Waals surface area contributed by atoms with Crippen molar-refractivity contribution in [3.05, 3.63) is 35.9 Å². The predicted octanol–water partition coefficient (Wildman–Crippen LogP) is 2.98. The van der Waals surface area contributed by atoms with E-state index in [0.717, 1.165) is 0 Å². The second-order valence-electron chi connectivity index (χ2n) is 3.23. The molecule has 1 fully saturated rings. The SMILES string of the molecule is FC1CCC1(F)c1ccccc1. The molecule has 0 aromatic heterocycles. The standard InChI is InChI=1S/C10H10F2/c11-9-6-7-10(9,12)8-4-2-1-3-5-8/h1-5,9H,6-7H2. The fourth-order valence-corrected chi connectivity index (χ4v) is 1.55.